The van der Waals surface area contributed by atoms with Crippen LogP contribution >= 0.6 is 0 Å². The Labute approximate surface area is 138 Å². The molecule has 2 aliphatic rings. The molecule has 0 saturated carbocycles. The van der Waals surface area contributed by atoms with Gasteiger partial charge in [-0.25, -0.2) is 0 Å². The number of carbonyl (C=O) groups excluding carboxylic acids is 1. The van der Waals surface area contributed by atoms with Gasteiger partial charge in [0, 0.05) is 50.0 Å². The molecular formula is C18H27N3O2. The van der Waals surface area contributed by atoms with Gasteiger partial charge in [-0.2, -0.15) is 0 Å². The van der Waals surface area contributed by atoms with Crippen molar-refractivity contribution < 1.29 is 9.90 Å². The highest BCUT2D eigenvalue weighted by molar-refractivity contribution is 5.93. The monoisotopic (exact) mass is 317 g/mol. The van der Waals surface area contributed by atoms with E-state index in [4.69, 9.17) is 0 Å². The molecular weight excluding hydrogens is 290 g/mol. The van der Waals surface area contributed by atoms with Crippen LogP contribution in [-0.2, 0) is 0 Å². The molecule has 126 valence electrons. The van der Waals surface area contributed by atoms with Crippen molar-refractivity contribution in [2.24, 2.45) is 5.41 Å². The number of piperidine rings is 1. The smallest absolute Gasteiger partial charge is 0.255 e. The van der Waals surface area contributed by atoms with Gasteiger partial charge in [-0.15, -0.1) is 0 Å². The SMILES string of the molecule is CC1(C)CN(C2CCN(C(=O)c3cccnc3)CC2)C[C@@]1(C)O. The van der Waals surface area contributed by atoms with Gasteiger partial charge in [-0.3, -0.25) is 14.7 Å². The van der Waals surface area contributed by atoms with E-state index in [1.54, 1.807) is 18.5 Å². The highest BCUT2D eigenvalue weighted by Gasteiger charge is 2.49. The number of amides is 1. The van der Waals surface area contributed by atoms with Crippen molar-refractivity contribution in [3.63, 3.8) is 0 Å². The molecule has 1 aromatic heterocycles. The van der Waals surface area contributed by atoms with E-state index in [1.807, 2.05) is 17.9 Å². The first kappa shape index (κ1) is 16.4. The van der Waals surface area contributed by atoms with Crippen LogP contribution in [0.15, 0.2) is 24.5 Å². The summed E-state index contributed by atoms with van der Waals surface area (Å²) in [6.45, 7) is 9.40. The van der Waals surface area contributed by atoms with Crippen molar-refractivity contribution in [3.05, 3.63) is 30.1 Å². The minimum absolute atomic E-state index is 0.0744. The van der Waals surface area contributed by atoms with Crippen LogP contribution in [0.2, 0.25) is 0 Å². The number of aromatic nitrogens is 1. The molecule has 23 heavy (non-hydrogen) atoms. The van der Waals surface area contributed by atoms with Crippen molar-refractivity contribution in [1.82, 2.24) is 14.8 Å². The van der Waals surface area contributed by atoms with Gasteiger partial charge in [0.2, 0.25) is 0 Å². The van der Waals surface area contributed by atoms with Crippen LogP contribution in [-0.4, -0.2) is 63.6 Å². The van der Waals surface area contributed by atoms with Crippen LogP contribution in [0.5, 0.6) is 0 Å². The molecule has 5 nitrogen and oxygen atoms in total. The molecule has 2 aliphatic heterocycles. The topological polar surface area (TPSA) is 56.7 Å². The van der Waals surface area contributed by atoms with Gasteiger partial charge in [0.25, 0.3) is 5.91 Å². The summed E-state index contributed by atoms with van der Waals surface area (Å²) in [6, 6.07) is 4.08. The summed E-state index contributed by atoms with van der Waals surface area (Å²) in [4.78, 5) is 20.8. The van der Waals surface area contributed by atoms with Gasteiger partial charge in [0.05, 0.1) is 11.2 Å². The zero-order valence-electron chi connectivity index (χ0n) is 14.3. The lowest BCUT2D eigenvalue weighted by Crippen LogP contribution is -2.47. The zero-order valence-corrected chi connectivity index (χ0v) is 14.3. The standard InChI is InChI=1S/C18H27N3O2/c1-17(2)12-21(13-18(17,3)23)15-6-9-20(10-7-15)16(22)14-5-4-8-19-11-14/h4-5,8,11,15,23H,6-7,9-10,12-13H2,1-3H3/t18-/m1/s1. The molecule has 1 N–H and O–H groups in total. The van der Waals surface area contributed by atoms with E-state index in [9.17, 15) is 9.90 Å². The van der Waals surface area contributed by atoms with E-state index in [1.165, 1.54) is 0 Å². The second kappa shape index (κ2) is 5.87. The third-order valence-electron chi connectivity index (χ3n) is 5.74. The Hall–Kier alpha value is -1.46. The fraction of sp³-hybridized carbons (Fsp3) is 0.667. The maximum atomic E-state index is 12.5. The van der Waals surface area contributed by atoms with Crippen LogP contribution in [0.25, 0.3) is 0 Å². The van der Waals surface area contributed by atoms with E-state index in [2.05, 4.69) is 23.7 Å². The Morgan fingerprint density at radius 2 is 1.96 bits per heavy atom. The number of nitrogens with zero attached hydrogens (tertiary/aromatic N) is 3. The Kier molecular flexibility index (Phi) is 4.19. The van der Waals surface area contributed by atoms with E-state index >= 15 is 0 Å². The molecule has 3 heterocycles. The lowest BCUT2D eigenvalue weighted by atomic mass is 9.79. The summed E-state index contributed by atoms with van der Waals surface area (Å²) >= 11 is 0. The number of likely N-dealkylation sites (tertiary alicyclic amines) is 2. The molecule has 0 aliphatic carbocycles. The first-order valence-corrected chi connectivity index (χ1v) is 8.46. The second-order valence-corrected chi connectivity index (χ2v) is 7.83. The summed E-state index contributed by atoms with van der Waals surface area (Å²) in [5.41, 5.74) is -0.0677. The predicted molar refractivity (Wildman–Crippen MR) is 89.1 cm³/mol. The fourth-order valence-corrected chi connectivity index (χ4v) is 3.71. The molecule has 1 amide bonds. The minimum Gasteiger partial charge on any atom is -0.388 e. The van der Waals surface area contributed by atoms with Crippen molar-refractivity contribution in [1.29, 1.82) is 0 Å². The molecule has 0 bridgehead atoms. The summed E-state index contributed by atoms with van der Waals surface area (Å²) in [5.74, 6) is 0.0744. The Morgan fingerprint density at radius 3 is 2.48 bits per heavy atom. The Balaban J connectivity index is 1.58. The van der Waals surface area contributed by atoms with Crippen LogP contribution in [0.1, 0.15) is 44.0 Å². The van der Waals surface area contributed by atoms with Crippen molar-refractivity contribution in [3.8, 4) is 0 Å². The maximum Gasteiger partial charge on any atom is 0.255 e. The molecule has 1 atom stereocenters. The molecule has 1 aromatic rings. The lowest BCUT2D eigenvalue weighted by Gasteiger charge is -2.37. The van der Waals surface area contributed by atoms with Crippen LogP contribution in [0.4, 0.5) is 0 Å². The predicted octanol–water partition coefficient (Wildman–Crippen LogP) is 1.78. The van der Waals surface area contributed by atoms with Crippen molar-refractivity contribution in [2.45, 2.75) is 45.3 Å². The Bertz CT molecular complexity index is 547. The molecule has 3 rings (SSSR count). The highest BCUT2D eigenvalue weighted by Crippen LogP contribution is 2.40. The Morgan fingerprint density at radius 1 is 1.26 bits per heavy atom. The molecule has 0 unspecified atom stereocenters. The van der Waals surface area contributed by atoms with Gasteiger partial charge < -0.3 is 10.0 Å². The average Bonchev–Trinajstić information content (AvgIpc) is 2.76. The molecule has 0 spiro atoms. The fourth-order valence-electron chi connectivity index (χ4n) is 3.71. The number of hydrogen-bond donors (Lipinski definition) is 1. The van der Waals surface area contributed by atoms with Gasteiger partial charge >= 0.3 is 0 Å². The number of hydrogen-bond acceptors (Lipinski definition) is 4. The van der Waals surface area contributed by atoms with Crippen molar-refractivity contribution >= 4 is 5.91 Å². The third-order valence-corrected chi connectivity index (χ3v) is 5.74. The molecule has 2 saturated heterocycles. The number of rotatable bonds is 2. The summed E-state index contributed by atoms with van der Waals surface area (Å²) in [7, 11) is 0. The minimum atomic E-state index is -0.643. The van der Waals surface area contributed by atoms with Gasteiger partial charge in [0.1, 0.15) is 0 Å². The molecule has 2 fully saturated rings. The van der Waals surface area contributed by atoms with Gasteiger partial charge in [0.15, 0.2) is 0 Å². The number of pyridine rings is 1. The summed E-state index contributed by atoms with van der Waals surface area (Å²) in [5, 5.41) is 10.6. The normalized spacial score (nSPS) is 29.0. The van der Waals surface area contributed by atoms with Crippen molar-refractivity contribution in [2.75, 3.05) is 26.2 Å². The molecule has 0 aromatic carbocycles. The van der Waals surface area contributed by atoms with E-state index < -0.39 is 5.60 Å². The zero-order chi connectivity index (χ0) is 16.7. The van der Waals surface area contributed by atoms with E-state index in [-0.39, 0.29) is 11.3 Å². The molecule has 5 heteroatoms. The quantitative estimate of drug-likeness (QED) is 0.903. The summed E-state index contributed by atoms with van der Waals surface area (Å²) in [6.07, 6.45) is 5.26. The second-order valence-electron chi connectivity index (χ2n) is 7.83. The first-order valence-electron chi connectivity index (χ1n) is 8.46. The maximum absolute atomic E-state index is 12.5. The third kappa shape index (κ3) is 3.12. The highest BCUT2D eigenvalue weighted by atomic mass is 16.3. The number of aliphatic hydroxyl groups is 1. The number of carbonyl (C=O) groups is 1. The largest absolute Gasteiger partial charge is 0.388 e. The van der Waals surface area contributed by atoms with Crippen LogP contribution in [0, 0.1) is 5.41 Å². The van der Waals surface area contributed by atoms with Gasteiger partial charge in [-0.05, 0) is 31.9 Å². The van der Waals surface area contributed by atoms with Crippen LogP contribution < -0.4 is 0 Å². The van der Waals surface area contributed by atoms with Crippen LogP contribution in [0.3, 0.4) is 0 Å². The molecule has 0 radical (unpaired) electrons. The number of β-amino-alcohol motifs (C(OH)–C–C–N with tert-alkyl or cyclic N) is 1. The lowest BCUT2D eigenvalue weighted by molar-refractivity contribution is -0.0123. The van der Waals surface area contributed by atoms with Gasteiger partial charge in [-0.1, -0.05) is 13.8 Å². The van der Waals surface area contributed by atoms with E-state index in [0.717, 1.165) is 39.0 Å². The average molecular weight is 317 g/mol. The first-order chi connectivity index (χ1) is 10.8. The summed E-state index contributed by atoms with van der Waals surface area (Å²) < 4.78 is 0. The van der Waals surface area contributed by atoms with E-state index in [0.29, 0.717) is 11.6 Å².